The minimum absolute atomic E-state index is 0. The standard InChI is InChI=1S/C17H30BN5O15P3.Y/c1-7-3-8(35-16(7)23-6-22(2)10-14(23)20-17(19)21-15(10)26)4-33-39(27,28)37-41(31,32)38-40(29,30)34-5-9-11(24)12(25)13(18)36-9;/h3,7-9,11-13,15-16,24-26H,4-6H2,1-2H3,(H,27,28)(H,29,30)(H,31,32)(H3,19,20,21);/q-1;/p-3/t7?,8-,9+,11?,12?,13+,15?,16+;/m0./s1. The minimum atomic E-state index is -6.13. The molecule has 0 aromatic heterocycles. The van der Waals surface area contributed by atoms with E-state index in [0.29, 0.717) is 11.5 Å². The van der Waals surface area contributed by atoms with Crippen LogP contribution < -0.4 is 25.7 Å². The minimum Gasteiger partial charge on any atom is -0.756 e. The molecule has 4 heterocycles. The summed E-state index contributed by atoms with van der Waals surface area (Å²) in [6.07, 6.45) is -6.00. The van der Waals surface area contributed by atoms with Gasteiger partial charge in [-0.25, -0.2) is 13.6 Å². The molecule has 0 aliphatic carbocycles. The van der Waals surface area contributed by atoms with Gasteiger partial charge >= 0.3 is 0 Å². The molecule has 4 rings (SSSR count). The fraction of sp³-hybridized carbons (Fsp3) is 0.765. The van der Waals surface area contributed by atoms with Crippen LogP contribution in [0.1, 0.15) is 6.92 Å². The van der Waals surface area contributed by atoms with Gasteiger partial charge in [0.1, 0.15) is 37.8 Å². The van der Waals surface area contributed by atoms with E-state index in [1.54, 1.807) is 30.2 Å². The summed E-state index contributed by atoms with van der Waals surface area (Å²) < 4.78 is 63.1. The molecule has 25 heteroatoms. The molecular formula is C17H27BN5O15P3Y-4. The normalized spacial score (nSPS) is 37.3. The summed E-state index contributed by atoms with van der Waals surface area (Å²) in [7, 11) is -10.6. The zero-order valence-corrected chi connectivity index (χ0v) is 27.5. The number of nitrogens with one attached hydrogen (secondary N) is 1. The Bertz CT molecular complexity index is 1220. The zero-order valence-electron chi connectivity index (χ0n) is 22.0. The Labute approximate surface area is 266 Å². The first-order chi connectivity index (χ1) is 18.9. The van der Waals surface area contributed by atoms with Crippen molar-refractivity contribution >= 4 is 37.3 Å². The third kappa shape index (κ3) is 8.62. The van der Waals surface area contributed by atoms with Crippen molar-refractivity contribution in [3.63, 3.8) is 0 Å². The fourth-order valence-corrected chi connectivity index (χ4v) is 7.88. The summed E-state index contributed by atoms with van der Waals surface area (Å²) in [5.74, 6) is 0.0735. The Kier molecular flexibility index (Phi) is 12.0. The summed E-state index contributed by atoms with van der Waals surface area (Å²) in [5.41, 5.74) is 6.15. The summed E-state index contributed by atoms with van der Waals surface area (Å²) in [4.78, 5) is 43.2. The molecule has 0 aromatic carbocycles. The number of ether oxygens (including phenoxy) is 2. The molecule has 4 aliphatic rings. The smallest absolute Gasteiger partial charge is 0.280 e. The summed E-state index contributed by atoms with van der Waals surface area (Å²) in [6, 6.07) is -1.36. The topological polar surface area (TPSA) is 293 Å². The van der Waals surface area contributed by atoms with E-state index < -0.39 is 79.6 Å². The first kappa shape index (κ1) is 36.5. The Balaban J connectivity index is 0.00000484. The van der Waals surface area contributed by atoms with Gasteiger partial charge in [-0.3, -0.25) is 20.1 Å². The number of likely N-dealkylation sites (N-methyl/N-ethyl adjacent to an activating group) is 1. The van der Waals surface area contributed by atoms with Crippen LogP contribution in [0.4, 0.5) is 0 Å². The summed E-state index contributed by atoms with van der Waals surface area (Å²) in [5, 5.41) is 32.3. The second-order valence-corrected chi connectivity index (χ2v) is 13.9. The number of nitrogens with two attached hydrogens (primary N) is 1. The molecule has 0 amide bonds. The number of guanidine groups is 1. The van der Waals surface area contributed by atoms with Gasteiger partial charge in [-0.05, 0) is 6.10 Å². The molecule has 11 atom stereocenters. The molecule has 7 unspecified atom stereocenters. The predicted molar refractivity (Wildman–Crippen MR) is 128 cm³/mol. The SMILES string of the molecule is [B][C@@H]1O[C@H](COP(=O)([O-])OP(=O)([O-])OP(=O)([O-])OC[C@@H]2[CH-]C(C)[C@H](N3CN(C)C4=C3NC(N)=NC4O)O2)C(O)C1O.[Y]. The Hall–Kier alpha value is -0.0112. The van der Waals surface area contributed by atoms with Crippen LogP contribution in [0, 0.1) is 12.3 Å². The van der Waals surface area contributed by atoms with E-state index in [2.05, 4.69) is 28.0 Å². The molecular weight excluding hydrogens is 707 g/mol. The first-order valence-electron chi connectivity index (χ1n) is 11.8. The van der Waals surface area contributed by atoms with E-state index in [0.717, 1.165) is 0 Å². The number of rotatable bonds is 11. The van der Waals surface area contributed by atoms with Gasteiger partial charge in [-0.1, -0.05) is 6.92 Å². The second-order valence-electron chi connectivity index (χ2n) is 9.39. The van der Waals surface area contributed by atoms with Crippen molar-refractivity contribution in [1.29, 1.82) is 0 Å². The number of hydrogen-bond acceptors (Lipinski definition) is 20. The average Bonchev–Trinajstić information content (AvgIpc) is 3.44. The van der Waals surface area contributed by atoms with Crippen molar-refractivity contribution in [2.75, 3.05) is 26.9 Å². The van der Waals surface area contributed by atoms with Crippen molar-refractivity contribution in [1.82, 2.24) is 15.1 Å². The van der Waals surface area contributed by atoms with Crippen LogP contribution in [-0.2, 0) is 73.5 Å². The molecule has 20 nitrogen and oxygen atoms in total. The fourth-order valence-electron chi connectivity index (χ4n) is 4.50. The monoisotopic (exact) mass is 734 g/mol. The Morgan fingerprint density at radius 1 is 1.10 bits per heavy atom. The van der Waals surface area contributed by atoms with Gasteiger partial charge in [0, 0.05) is 45.8 Å². The number of aliphatic imine (C=N–C) groups is 1. The van der Waals surface area contributed by atoms with E-state index in [1.165, 1.54) is 0 Å². The van der Waals surface area contributed by atoms with Crippen LogP contribution in [-0.4, -0.2) is 109 Å². The van der Waals surface area contributed by atoms with Crippen LogP contribution in [0.5, 0.6) is 0 Å². The van der Waals surface area contributed by atoms with Crippen LogP contribution in [0.2, 0.25) is 0 Å². The largest absolute Gasteiger partial charge is 0.756 e. The Morgan fingerprint density at radius 3 is 2.26 bits per heavy atom. The van der Waals surface area contributed by atoms with Crippen LogP contribution in [0.3, 0.4) is 0 Å². The number of phosphoric ester groups is 2. The molecule has 0 saturated carbocycles. The molecule has 235 valence electrons. The number of phosphoric acid groups is 3. The molecule has 2 fully saturated rings. The third-order valence-electron chi connectivity index (χ3n) is 6.24. The molecule has 42 heavy (non-hydrogen) atoms. The quantitative estimate of drug-likeness (QED) is 0.0756. The van der Waals surface area contributed by atoms with Gasteiger partial charge in [0.05, 0.1) is 26.0 Å². The summed E-state index contributed by atoms with van der Waals surface area (Å²) >= 11 is 0. The van der Waals surface area contributed by atoms with Crippen molar-refractivity contribution in [3.05, 3.63) is 17.9 Å². The van der Waals surface area contributed by atoms with E-state index in [9.17, 15) is 43.7 Å². The molecule has 0 bridgehead atoms. The maximum Gasteiger partial charge on any atom is 0.280 e. The summed E-state index contributed by atoms with van der Waals surface area (Å²) in [6.45, 7) is 0.237. The molecule has 2 saturated heterocycles. The molecule has 0 spiro atoms. The van der Waals surface area contributed by atoms with Gasteiger partial charge in [-0.15, -0.1) is 5.92 Å². The number of nitrogens with zero attached hydrogens (tertiary/aromatic N) is 3. The number of aliphatic hydroxyl groups is 3. The zero-order chi connectivity index (χ0) is 30.5. The second kappa shape index (κ2) is 13.8. The average molecular weight is 734 g/mol. The maximum absolute atomic E-state index is 12.1. The van der Waals surface area contributed by atoms with Gasteiger partial charge in [-0.2, -0.15) is 0 Å². The van der Waals surface area contributed by atoms with Crippen molar-refractivity contribution in [2.24, 2.45) is 16.6 Å². The van der Waals surface area contributed by atoms with Gasteiger partial charge in [0.2, 0.25) is 0 Å². The van der Waals surface area contributed by atoms with Gasteiger partial charge in [0.25, 0.3) is 23.5 Å². The van der Waals surface area contributed by atoms with Crippen LogP contribution in [0.15, 0.2) is 16.5 Å². The van der Waals surface area contributed by atoms with Crippen molar-refractivity contribution < 1.29 is 104 Å². The molecule has 4 aliphatic heterocycles. The first-order valence-corrected chi connectivity index (χ1v) is 16.2. The maximum atomic E-state index is 12.1. The number of aliphatic hydroxyl groups excluding tert-OH is 3. The molecule has 0 aromatic rings. The van der Waals surface area contributed by atoms with Crippen LogP contribution in [0.25, 0.3) is 0 Å². The van der Waals surface area contributed by atoms with Crippen molar-refractivity contribution in [2.45, 2.75) is 49.8 Å². The van der Waals surface area contributed by atoms with Crippen molar-refractivity contribution in [3.8, 4) is 0 Å². The molecule has 3 radical (unpaired) electrons. The van der Waals surface area contributed by atoms with Crippen LogP contribution >= 0.6 is 23.5 Å². The van der Waals surface area contributed by atoms with E-state index >= 15 is 0 Å². The predicted octanol–water partition coefficient (Wildman–Crippen LogP) is -4.75. The van der Waals surface area contributed by atoms with Gasteiger partial charge < -0.3 is 69.4 Å². The van der Waals surface area contributed by atoms with E-state index in [4.69, 9.17) is 23.1 Å². The van der Waals surface area contributed by atoms with E-state index in [-0.39, 0.29) is 51.3 Å². The van der Waals surface area contributed by atoms with Gasteiger partial charge in [0.15, 0.2) is 12.2 Å². The van der Waals surface area contributed by atoms with E-state index in [1.807, 2.05) is 0 Å². The number of hydrogen-bond donors (Lipinski definition) is 5. The molecule has 6 N–H and O–H groups in total. The Morgan fingerprint density at radius 2 is 1.69 bits per heavy atom. The third-order valence-corrected chi connectivity index (χ3v) is 10.4.